The number of carbonyl (C=O) groups excluding carboxylic acids is 1. The molecule has 0 fully saturated rings. The van der Waals surface area contributed by atoms with Crippen LogP contribution in [0, 0.1) is 0 Å². The molecule has 0 saturated carbocycles. The lowest BCUT2D eigenvalue weighted by Crippen LogP contribution is -2.21. The van der Waals surface area contributed by atoms with E-state index in [0.29, 0.717) is 25.3 Å². The van der Waals surface area contributed by atoms with Crippen molar-refractivity contribution < 1.29 is 14.3 Å². The summed E-state index contributed by atoms with van der Waals surface area (Å²) in [6.45, 7) is 7.62. The number of hydrogen-bond acceptors (Lipinski definition) is 4. The van der Waals surface area contributed by atoms with Crippen molar-refractivity contribution in [2.45, 2.75) is 19.9 Å². The third-order valence-corrected chi connectivity index (χ3v) is 3.50. The van der Waals surface area contributed by atoms with Gasteiger partial charge in [-0.2, -0.15) is 0 Å². The van der Waals surface area contributed by atoms with E-state index >= 15 is 0 Å². The molecule has 5 heteroatoms. The molecule has 1 N–H and O–H groups in total. The van der Waals surface area contributed by atoms with Crippen LogP contribution in [-0.2, 0) is 22.5 Å². The highest BCUT2D eigenvalue weighted by molar-refractivity contribution is 9.10. The van der Waals surface area contributed by atoms with E-state index < -0.39 is 0 Å². The summed E-state index contributed by atoms with van der Waals surface area (Å²) >= 11 is 3.51. The van der Waals surface area contributed by atoms with Gasteiger partial charge in [-0.15, -0.1) is 0 Å². The number of benzene rings is 1. The number of carbonyl (C=O) groups is 1. The molecule has 0 radical (unpaired) electrons. The average Bonchev–Trinajstić information content (AvgIpc) is 2.86. The predicted molar refractivity (Wildman–Crippen MR) is 80.8 cm³/mol. The first-order valence-corrected chi connectivity index (χ1v) is 7.40. The molecule has 20 heavy (non-hydrogen) atoms. The van der Waals surface area contributed by atoms with Crippen molar-refractivity contribution >= 4 is 21.9 Å². The van der Waals surface area contributed by atoms with Crippen LogP contribution < -0.4 is 10.1 Å². The molecule has 0 atom stereocenters. The van der Waals surface area contributed by atoms with E-state index in [1.54, 1.807) is 6.92 Å². The van der Waals surface area contributed by atoms with Crippen molar-refractivity contribution in [3.8, 4) is 5.75 Å². The first kappa shape index (κ1) is 15.1. The minimum atomic E-state index is -0.351. The Morgan fingerprint density at radius 3 is 3.10 bits per heavy atom. The van der Waals surface area contributed by atoms with Gasteiger partial charge in [0.15, 0.2) is 0 Å². The molecule has 0 unspecified atom stereocenters. The van der Waals surface area contributed by atoms with Gasteiger partial charge < -0.3 is 14.8 Å². The van der Waals surface area contributed by atoms with E-state index in [2.05, 4.69) is 33.9 Å². The highest BCUT2D eigenvalue weighted by Gasteiger charge is 2.17. The summed E-state index contributed by atoms with van der Waals surface area (Å²) < 4.78 is 11.6. The van der Waals surface area contributed by atoms with Crippen LogP contribution in [0.25, 0.3) is 0 Å². The van der Waals surface area contributed by atoms with Gasteiger partial charge in [0.1, 0.15) is 5.75 Å². The quantitative estimate of drug-likeness (QED) is 0.639. The number of esters is 1. The van der Waals surface area contributed by atoms with E-state index in [1.165, 1.54) is 5.56 Å². The summed E-state index contributed by atoms with van der Waals surface area (Å²) in [6, 6.07) is 4.12. The van der Waals surface area contributed by atoms with Gasteiger partial charge in [-0.25, -0.2) is 4.79 Å². The maximum absolute atomic E-state index is 11.4. The highest BCUT2D eigenvalue weighted by atomic mass is 79.9. The number of fused-ring (bicyclic) bond motifs is 1. The Kier molecular flexibility index (Phi) is 5.20. The number of ether oxygens (including phenoxy) is 2. The SMILES string of the molecule is C=C(CNCc1cc(Br)cc2c1OCC2)C(=O)OCC. The Labute approximate surface area is 127 Å². The molecule has 1 heterocycles. The Morgan fingerprint density at radius 1 is 1.55 bits per heavy atom. The second-order valence-electron chi connectivity index (χ2n) is 4.58. The van der Waals surface area contributed by atoms with Crippen molar-refractivity contribution in [1.82, 2.24) is 5.32 Å². The molecule has 4 nitrogen and oxygen atoms in total. The van der Waals surface area contributed by atoms with Crippen LogP contribution in [0.3, 0.4) is 0 Å². The fourth-order valence-electron chi connectivity index (χ4n) is 2.13. The number of hydrogen-bond donors (Lipinski definition) is 1. The van der Waals surface area contributed by atoms with Crippen molar-refractivity contribution in [2.24, 2.45) is 0 Å². The van der Waals surface area contributed by atoms with Crippen LogP contribution in [-0.4, -0.2) is 25.7 Å². The highest BCUT2D eigenvalue weighted by Crippen LogP contribution is 2.32. The van der Waals surface area contributed by atoms with Gasteiger partial charge in [-0.1, -0.05) is 22.5 Å². The van der Waals surface area contributed by atoms with E-state index in [1.807, 2.05) is 6.07 Å². The molecule has 1 aromatic carbocycles. The number of halogens is 1. The Morgan fingerprint density at radius 2 is 2.35 bits per heavy atom. The van der Waals surface area contributed by atoms with Crippen molar-refractivity contribution in [1.29, 1.82) is 0 Å². The summed E-state index contributed by atoms with van der Waals surface area (Å²) in [5.41, 5.74) is 2.74. The van der Waals surface area contributed by atoms with E-state index in [4.69, 9.17) is 9.47 Å². The predicted octanol–water partition coefficient (Wildman–Crippen LogP) is 2.59. The zero-order valence-electron chi connectivity index (χ0n) is 11.5. The van der Waals surface area contributed by atoms with Gasteiger partial charge in [0, 0.05) is 35.1 Å². The standard InChI is InChI=1S/C15H18BrNO3/c1-3-19-15(18)10(2)8-17-9-12-7-13(16)6-11-4-5-20-14(11)12/h6-7,17H,2-5,8-9H2,1H3. The van der Waals surface area contributed by atoms with Crippen molar-refractivity contribution in [3.63, 3.8) is 0 Å². The second-order valence-corrected chi connectivity index (χ2v) is 5.49. The van der Waals surface area contributed by atoms with Crippen LogP contribution in [0.5, 0.6) is 5.75 Å². The fraction of sp³-hybridized carbons (Fsp3) is 0.400. The van der Waals surface area contributed by atoms with Gasteiger partial charge in [0.2, 0.25) is 0 Å². The zero-order valence-corrected chi connectivity index (χ0v) is 13.1. The van der Waals surface area contributed by atoms with Crippen LogP contribution in [0.2, 0.25) is 0 Å². The van der Waals surface area contributed by atoms with Gasteiger partial charge >= 0.3 is 5.97 Å². The second kappa shape index (κ2) is 6.90. The van der Waals surface area contributed by atoms with Gasteiger partial charge in [-0.05, 0) is 24.6 Å². The molecule has 2 rings (SSSR count). The lowest BCUT2D eigenvalue weighted by atomic mass is 10.1. The number of rotatable bonds is 6. The first-order chi connectivity index (χ1) is 9.61. The average molecular weight is 340 g/mol. The lowest BCUT2D eigenvalue weighted by molar-refractivity contribution is -0.138. The molecule has 0 amide bonds. The molecule has 0 spiro atoms. The largest absolute Gasteiger partial charge is 0.493 e. The third kappa shape index (κ3) is 3.61. The third-order valence-electron chi connectivity index (χ3n) is 3.04. The Bertz CT molecular complexity index is 528. The van der Waals surface area contributed by atoms with Crippen LogP contribution in [0.4, 0.5) is 0 Å². The summed E-state index contributed by atoms with van der Waals surface area (Å²) in [4.78, 5) is 11.4. The van der Waals surface area contributed by atoms with E-state index in [0.717, 1.165) is 28.8 Å². The van der Waals surface area contributed by atoms with Crippen molar-refractivity contribution in [3.05, 3.63) is 39.9 Å². The molecule has 0 saturated heterocycles. The summed E-state index contributed by atoms with van der Waals surface area (Å²) in [5, 5.41) is 3.20. The van der Waals surface area contributed by atoms with Gasteiger partial charge in [0.05, 0.1) is 13.2 Å². The molecular formula is C15H18BrNO3. The van der Waals surface area contributed by atoms with Crippen LogP contribution in [0.15, 0.2) is 28.8 Å². The molecule has 1 aliphatic rings. The smallest absolute Gasteiger partial charge is 0.334 e. The van der Waals surface area contributed by atoms with Crippen molar-refractivity contribution in [2.75, 3.05) is 19.8 Å². The van der Waals surface area contributed by atoms with E-state index in [-0.39, 0.29) is 5.97 Å². The zero-order chi connectivity index (χ0) is 14.5. The van der Waals surface area contributed by atoms with Crippen LogP contribution >= 0.6 is 15.9 Å². The van der Waals surface area contributed by atoms with Crippen LogP contribution in [0.1, 0.15) is 18.1 Å². The fourth-order valence-corrected chi connectivity index (χ4v) is 2.68. The normalized spacial score (nSPS) is 12.7. The molecule has 108 valence electrons. The number of nitrogens with one attached hydrogen (secondary N) is 1. The topological polar surface area (TPSA) is 47.6 Å². The monoisotopic (exact) mass is 339 g/mol. The Balaban J connectivity index is 1.92. The molecule has 1 aromatic rings. The van der Waals surface area contributed by atoms with Gasteiger partial charge in [-0.3, -0.25) is 0 Å². The van der Waals surface area contributed by atoms with Gasteiger partial charge in [0.25, 0.3) is 0 Å². The molecule has 1 aliphatic heterocycles. The van der Waals surface area contributed by atoms with E-state index in [9.17, 15) is 4.79 Å². The summed E-state index contributed by atoms with van der Waals surface area (Å²) in [6.07, 6.45) is 0.942. The minimum absolute atomic E-state index is 0.351. The molecule has 0 aliphatic carbocycles. The lowest BCUT2D eigenvalue weighted by Gasteiger charge is -2.11. The molecule has 0 aromatic heterocycles. The maximum Gasteiger partial charge on any atom is 0.334 e. The molecule has 0 bridgehead atoms. The maximum atomic E-state index is 11.4. The summed E-state index contributed by atoms with van der Waals surface area (Å²) in [7, 11) is 0. The first-order valence-electron chi connectivity index (χ1n) is 6.61. The summed E-state index contributed by atoms with van der Waals surface area (Å²) in [5.74, 6) is 0.609. The Hall–Kier alpha value is -1.33. The molecular weight excluding hydrogens is 322 g/mol. The minimum Gasteiger partial charge on any atom is -0.493 e.